The first-order chi connectivity index (χ1) is 6.56. The second kappa shape index (κ2) is 3.06. The lowest BCUT2D eigenvalue weighted by atomic mass is 9.98. The fraction of sp³-hybridized carbons (Fsp3) is 0.400. The summed E-state index contributed by atoms with van der Waals surface area (Å²) in [4.78, 5) is 0. The number of aromatic amines is 1. The summed E-state index contributed by atoms with van der Waals surface area (Å²) in [6, 6.07) is 5.78. The normalized spacial score (nSPS) is 12.2. The fourth-order valence-electron chi connectivity index (χ4n) is 1.53. The van der Waals surface area contributed by atoms with Crippen LogP contribution in [0.15, 0.2) is 18.2 Å². The van der Waals surface area contributed by atoms with E-state index >= 15 is 0 Å². The molecule has 0 bridgehead atoms. The largest absolute Gasteiger partial charge is 0.390 e. The van der Waals surface area contributed by atoms with E-state index in [9.17, 15) is 5.11 Å². The molecule has 4 nitrogen and oxygen atoms in total. The molecular formula is C10H13N3O. The van der Waals surface area contributed by atoms with Gasteiger partial charge in [0.2, 0.25) is 0 Å². The van der Waals surface area contributed by atoms with Gasteiger partial charge >= 0.3 is 0 Å². The highest BCUT2D eigenvalue weighted by Gasteiger charge is 2.16. The Bertz CT molecular complexity index is 442. The number of para-hydroxylation sites is 1. The van der Waals surface area contributed by atoms with E-state index in [1.807, 2.05) is 18.2 Å². The van der Waals surface area contributed by atoms with E-state index in [0.717, 1.165) is 16.6 Å². The number of fused-ring (bicyclic) bond motifs is 1. The highest BCUT2D eigenvalue weighted by molar-refractivity contribution is 5.77. The van der Waals surface area contributed by atoms with E-state index in [1.165, 1.54) is 0 Å². The fourth-order valence-corrected chi connectivity index (χ4v) is 1.53. The number of H-pyrrole nitrogens is 1. The lowest BCUT2D eigenvalue weighted by molar-refractivity contribution is 0.0813. The Hall–Kier alpha value is -1.42. The first-order valence-electron chi connectivity index (χ1n) is 4.57. The number of aromatic nitrogens is 3. The molecule has 1 heterocycles. The summed E-state index contributed by atoms with van der Waals surface area (Å²) >= 11 is 0. The number of rotatable bonds is 2. The quantitative estimate of drug-likeness (QED) is 0.751. The van der Waals surface area contributed by atoms with Crippen LogP contribution in [0.3, 0.4) is 0 Å². The topological polar surface area (TPSA) is 61.8 Å². The number of aliphatic hydroxyl groups is 1. The zero-order valence-electron chi connectivity index (χ0n) is 8.28. The smallest absolute Gasteiger partial charge is 0.116 e. The first kappa shape index (κ1) is 9.15. The Kier molecular flexibility index (Phi) is 2.00. The third-order valence-electron chi connectivity index (χ3n) is 2.05. The molecule has 1 aromatic heterocycles. The zero-order valence-corrected chi connectivity index (χ0v) is 8.28. The third kappa shape index (κ3) is 1.75. The van der Waals surface area contributed by atoms with E-state index in [2.05, 4.69) is 15.4 Å². The van der Waals surface area contributed by atoms with Crippen molar-refractivity contribution >= 4 is 11.0 Å². The summed E-state index contributed by atoms with van der Waals surface area (Å²) in [7, 11) is 0. The van der Waals surface area contributed by atoms with Crippen LogP contribution in [-0.2, 0) is 6.42 Å². The van der Waals surface area contributed by atoms with Crippen LogP contribution in [0, 0.1) is 0 Å². The lowest BCUT2D eigenvalue weighted by Gasteiger charge is -2.16. The molecule has 0 aliphatic carbocycles. The van der Waals surface area contributed by atoms with Crippen LogP contribution in [-0.4, -0.2) is 26.1 Å². The summed E-state index contributed by atoms with van der Waals surface area (Å²) < 4.78 is 0. The molecule has 1 aromatic carbocycles. The standard InChI is InChI=1S/C10H13N3O/c1-10(2,14)6-7-4-3-5-8-9(7)12-13-11-8/h3-5,14H,6H2,1-2H3,(H,11,12,13). The van der Waals surface area contributed by atoms with Gasteiger partial charge in [0.1, 0.15) is 11.0 Å². The minimum Gasteiger partial charge on any atom is -0.390 e. The van der Waals surface area contributed by atoms with Gasteiger partial charge in [0.05, 0.1) is 5.60 Å². The van der Waals surface area contributed by atoms with Crippen LogP contribution in [0.2, 0.25) is 0 Å². The monoisotopic (exact) mass is 191 g/mol. The van der Waals surface area contributed by atoms with Crippen LogP contribution in [0.1, 0.15) is 19.4 Å². The number of hydrogen-bond acceptors (Lipinski definition) is 3. The first-order valence-corrected chi connectivity index (χ1v) is 4.57. The van der Waals surface area contributed by atoms with Crippen LogP contribution in [0.25, 0.3) is 11.0 Å². The van der Waals surface area contributed by atoms with Crippen molar-refractivity contribution in [1.29, 1.82) is 0 Å². The number of hydrogen-bond donors (Lipinski definition) is 2. The summed E-state index contributed by atoms with van der Waals surface area (Å²) in [6.45, 7) is 3.57. The molecule has 0 amide bonds. The SMILES string of the molecule is CC(C)(O)Cc1cccc2n[nH]nc12. The molecule has 14 heavy (non-hydrogen) atoms. The van der Waals surface area contributed by atoms with Crippen molar-refractivity contribution in [2.24, 2.45) is 0 Å². The van der Waals surface area contributed by atoms with Crippen molar-refractivity contribution in [1.82, 2.24) is 15.4 Å². The van der Waals surface area contributed by atoms with Gasteiger partial charge in [0, 0.05) is 6.42 Å². The van der Waals surface area contributed by atoms with Gasteiger partial charge in [0.25, 0.3) is 0 Å². The molecule has 0 unspecified atom stereocenters. The average Bonchev–Trinajstić information content (AvgIpc) is 2.49. The Morgan fingerprint density at radius 2 is 2.14 bits per heavy atom. The summed E-state index contributed by atoms with van der Waals surface area (Å²) in [5.41, 5.74) is 1.98. The maximum Gasteiger partial charge on any atom is 0.116 e. The van der Waals surface area contributed by atoms with Gasteiger partial charge < -0.3 is 5.11 Å². The van der Waals surface area contributed by atoms with E-state index in [-0.39, 0.29) is 0 Å². The Balaban J connectivity index is 2.46. The molecule has 0 atom stereocenters. The lowest BCUT2D eigenvalue weighted by Crippen LogP contribution is -2.21. The van der Waals surface area contributed by atoms with E-state index < -0.39 is 5.60 Å². The van der Waals surface area contributed by atoms with Crippen molar-refractivity contribution in [3.05, 3.63) is 23.8 Å². The molecule has 0 radical (unpaired) electrons. The van der Waals surface area contributed by atoms with Crippen LogP contribution >= 0.6 is 0 Å². The van der Waals surface area contributed by atoms with Gasteiger partial charge in [-0.05, 0) is 25.5 Å². The summed E-state index contributed by atoms with van der Waals surface area (Å²) in [5, 5.41) is 20.3. The molecular weight excluding hydrogens is 178 g/mol. The second-order valence-electron chi connectivity index (χ2n) is 4.10. The van der Waals surface area contributed by atoms with Gasteiger partial charge in [-0.15, -0.1) is 0 Å². The molecule has 0 aliphatic rings. The number of nitrogens with one attached hydrogen (secondary N) is 1. The summed E-state index contributed by atoms with van der Waals surface area (Å²) in [5.74, 6) is 0. The van der Waals surface area contributed by atoms with E-state index in [4.69, 9.17) is 0 Å². The Morgan fingerprint density at radius 1 is 1.36 bits per heavy atom. The van der Waals surface area contributed by atoms with E-state index in [1.54, 1.807) is 13.8 Å². The highest BCUT2D eigenvalue weighted by atomic mass is 16.3. The molecule has 2 N–H and O–H groups in total. The average molecular weight is 191 g/mol. The molecule has 0 saturated carbocycles. The van der Waals surface area contributed by atoms with Crippen molar-refractivity contribution in [3.63, 3.8) is 0 Å². The third-order valence-corrected chi connectivity index (χ3v) is 2.05. The summed E-state index contributed by atoms with van der Waals surface area (Å²) in [6.07, 6.45) is 0.580. The van der Waals surface area contributed by atoms with Crippen LogP contribution in [0.5, 0.6) is 0 Å². The van der Waals surface area contributed by atoms with Crippen molar-refractivity contribution in [3.8, 4) is 0 Å². The van der Waals surface area contributed by atoms with Crippen molar-refractivity contribution in [2.75, 3.05) is 0 Å². The maximum atomic E-state index is 9.71. The molecule has 0 aliphatic heterocycles. The van der Waals surface area contributed by atoms with Gasteiger partial charge in [-0.2, -0.15) is 15.4 Å². The molecule has 2 aromatic rings. The predicted octanol–water partition coefficient (Wildman–Crippen LogP) is 1.27. The Labute approximate surface area is 82.0 Å². The molecule has 74 valence electrons. The number of nitrogens with zero attached hydrogens (tertiary/aromatic N) is 2. The molecule has 0 saturated heterocycles. The molecule has 0 spiro atoms. The maximum absolute atomic E-state index is 9.71. The predicted molar refractivity (Wildman–Crippen MR) is 53.9 cm³/mol. The van der Waals surface area contributed by atoms with Crippen LogP contribution < -0.4 is 0 Å². The van der Waals surface area contributed by atoms with Gasteiger partial charge in [-0.1, -0.05) is 12.1 Å². The van der Waals surface area contributed by atoms with E-state index in [0.29, 0.717) is 6.42 Å². The zero-order chi connectivity index (χ0) is 10.2. The van der Waals surface area contributed by atoms with Crippen molar-refractivity contribution < 1.29 is 5.11 Å². The van der Waals surface area contributed by atoms with Gasteiger partial charge in [-0.25, -0.2) is 0 Å². The minimum absolute atomic E-state index is 0.580. The Morgan fingerprint density at radius 3 is 2.86 bits per heavy atom. The van der Waals surface area contributed by atoms with Crippen molar-refractivity contribution in [2.45, 2.75) is 25.9 Å². The highest BCUT2D eigenvalue weighted by Crippen LogP contribution is 2.18. The van der Waals surface area contributed by atoms with Crippen LogP contribution in [0.4, 0.5) is 0 Å². The molecule has 0 fully saturated rings. The number of benzene rings is 1. The second-order valence-corrected chi connectivity index (χ2v) is 4.10. The van der Waals surface area contributed by atoms with Gasteiger partial charge in [-0.3, -0.25) is 0 Å². The molecule has 2 rings (SSSR count). The molecule has 4 heteroatoms. The van der Waals surface area contributed by atoms with Gasteiger partial charge in [0.15, 0.2) is 0 Å². The minimum atomic E-state index is -0.715.